The predicted octanol–water partition coefficient (Wildman–Crippen LogP) is 2.71. The highest BCUT2D eigenvalue weighted by atomic mass is 35.5. The first-order valence-corrected chi connectivity index (χ1v) is 5.70. The zero-order valence-corrected chi connectivity index (χ0v) is 9.34. The summed E-state index contributed by atoms with van der Waals surface area (Å²) in [7, 11) is 0. The molecule has 0 atom stereocenters. The number of aromatic nitrogens is 1. The number of H-pyrrole nitrogens is 1. The second kappa shape index (κ2) is 3.52. The maximum atomic E-state index is 11.8. The van der Waals surface area contributed by atoms with Gasteiger partial charge >= 0.3 is 0 Å². The third-order valence-corrected chi connectivity index (χ3v) is 3.10. The minimum absolute atomic E-state index is 0.0465. The molecule has 3 rings (SSSR count). The molecular weight excluding hydrogens is 224 g/mol. The second-order valence-corrected chi connectivity index (χ2v) is 4.54. The van der Waals surface area contributed by atoms with Gasteiger partial charge in [-0.25, -0.2) is 0 Å². The number of hydrogen-bond acceptors (Lipinski definition) is 1. The Labute approximate surface area is 97.8 Å². The van der Waals surface area contributed by atoms with E-state index in [1.165, 1.54) is 0 Å². The number of rotatable bonds is 2. The van der Waals surface area contributed by atoms with Gasteiger partial charge in [0.15, 0.2) is 0 Å². The average molecular weight is 235 g/mol. The van der Waals surface area contributed by atoms with Gasteiger partial charge in [-0.1, -0.05) is 17.7 Å². The number of benzene rings is 1. The van der Waals surface area contributed by atoms with Crippen molar-refractivity contribution in [3.05, 3.63) is 35.0 Å². The van der Waals surface area contributed by atoms with Crippen molar-refractivity contribution in [1.29, 1.82) is 0 Å². The molecule has 4 heteroatoms. The fourth-order valence-corrected chi connectivity index (χ4v) is 1.96. The minimum Gasteiger partial charge on any atom is -0.350 e. The van der Waals surface area contributed by atoms with Crippen molar-refractivity contribution in [2.24, 2.45) is 0 Å². The summed E-state index contributed by atoms with van der Waals surface area (Å²) in [4.78, 5) is 14.9. The Hall–Kier alpha value is -1.48. The van der Waals surface area contributed by atoms with Crippen molar-refractivity contribution in [1.82, 2.24) is 10.3 Å². The first-order valence-electron chi connectivity index (χ1n) is 5.32. The molecular formula is C12H11ClN2O. The Balaban J connectivity index is 1.97. The zero-order valence-electron chi connectivity index (χ0n) is 8.59. The summed E-state index contributed by atoms with van der Waals surface area (Å²) in [5.41, 5.74) is 1.48. The van der Waals surface area contributed by atoms with E-state index in [1.54, 1.807) is 6.07 Å². The smallest absolute Gasteiger partial charge is 0.267 e. The topological polar surface area (TPSA) is 44.9 Å². The number of hydrogen-bond donors (Lipinski definition) is 2. The van der Waals surface area contributed by atoms with Gasteiger partial charge in [0, 0.05) is 22.0 Å². The molecule has 0 saturated heterocycles. The van der Waals surface area contributed by atoms with Gasteiger partial charge in [-0.2, -0.15) is 0 Å². The highest BCUT2D eigenvalue weighted by molar-refractivity contribution is 6.35. The Kier molecular flexibility index (Phi) is 2.14. The molecule has 1 aliphatic carbocycles. The van der Waals surface area contributed by atoms with Gasteiger partial charge in [-0.15, -0.1) is 0 Å². The molecule has 0 bridgehead atoms. The van der Waals surface area contributed by atoms with Crippen LogP contribution in [-0.4, -0.2) is 16.9 Å². The largest absolute Gasteiger partial charge is 0.350 e. The average Bonchev–Trinajstić information content (AvgIpc) is 2.95. The van der Waals surface area contributed by atoms with Crippen molar-refractivity contribution in [2.45, 2.75) is 18.9 Å². The summed E-state index contributed by atoms with van der Waals surface area (Å²) in [6.07, 6.45) is 2.18. The summed E-state index contributed by atoms with van der Waals surface area (Å²) in [6, 6.07) is 7.77. The quantitative estimate of drug-likeness (QED) is 0.825. The molecule has 1 amide bonds. The van der Waals surface area contributed by atoms with Gasteiger partial charge in [-0.05, 0) is 31.0 Å². The van der Waals surface area contributed by atoms with Crippen LogP contribution in [0.15, 0.2) is 24.3 Å². The molecule has 2 aromatic rings. The van der Waals surface area contributed by atoms with Crippen LogP contribution >= 0.6 is 11.6 Å². The summed E-state index contributed by atoms with van der Waals surface area (Å²) in [5.74, 6) is -0.0465. The normalized spacial score (nSPS) is 15.3. The van der Waals surface area contributed by atoms with E-state index in [2.05, 4.69) is 10.3 Å². The molecule has 1 aromatic carbocycles. The first kappa shape index (κ1) is 9.73. The monoisotopic (exact) mass is 234 g/mol. The van der Waals surface area contributed by atoms with Crippen molar-refractivity contribution in [3.8, 4) is 0 Å². The lowest BCUT2D eigenvalue weighted by atomic mass is 10.2. The maximum Gasteiger partial charge on any atom is 0.267 e. The van der Waals surface area contributed by atoms with Crippen molar-refractivity contribution in [3.63, 3.8) is 0 Å². The van der Waals surface area contributed by atoms with Crippen LogP contribution in [0.5, 0.6) is 0 Å². The van der Waals surface area contributed by atoms with Crippen LogP contribution in [0.4, 0.5) is 0 Å². The van der Waals surface area contributed by atoms with Crippen molar-refractivity contribution >= 4 is 28.4 Å². The first-order chi connectivity index (χ1) is 7.74. The third-order valence-electron chi connectivity index (χ3n) is 2.77. The number of carbonyl (C=O) groups is 1. The highest BCUT2D eigenvalue weighted by Crippen LogP contribution is 2.25. The molecule has 1 aliphatic rings. The van der Waals surface area contributed by atoms with E-state index in [-0.39, 0.29) is 5.91 Å². The SMILES string of the molecule is O=C(NC1CC1)c1cc2c(Cl)cccc2[nH]1. The molecule has 0 radical (unpaired) electrons. The molecule has 16 heavy (non-hydrogen) atoms. The number of carbonyl (C=O) groups excluding carboxylic acids is 1. The molecule has 1 heterocycles. The predicted molar refractivity (Wildman–Crippen MR) is 63.8 cm³/mol. The van der Waals surface area contributed by atoms with E-state index < -0.39 is 0 Å². The van der Waals surface area contributed by atoms with Crippen LogP contribution < -0.4 is 5.32 Å². The Morgan fingerprint density at radius 2 is 2.25 bits per heavy atom. The maximum absolute atomic E-state index is 11.8. The molecule has 0 aliphatic heterocycles. The molecule has 3 nitrogen and oxygen atoms in total. The fraction of sp³-hybridized carbons (Fsp3) is 0.250. The van der Waals surface area contributed by atoms with Crippen LogP contribution in [0.1, 0.15) is 23.3 Å². The van der Waals surface area contributed by atoms with Gasteiger partial charge in [0.25, 0.3) is 5.91 Å². The van der Waals surface area contributed by atoms with Crippen LogP contribution in [0.2, 0.25) is 5.02 Å². The molecule has 1 aromatic heterocycles. The molecule has 2 N–H and O–H groups in total. The van der Waals surface area contributed by atoms with Crippen molar-refractivity contribution < 1.29 is 4.79 Å². The summed E-state index contributed by atoms with van der Waals surface area (Å²) < 4.78 is 0. The van der Waals surface area contributed by atoms with Gasteiger partial charge in [0.05, 0.1) is 0 Å². The Morgan fingerprint density at radius 1 is 1.44 bits per heavy atom. The second-order valence-electron chi connectivity index (χ2n) is 4.13. The number of fused-ring (bicyclic) bond motifs is 1. The van der Waals surface area contributed by atoms with E-state index >= 15 is 0 Å². The third kappa shape index (κ3) is 1.67. The number of nitrogens with one attached hydrogen (secondary N) is 2. The van der Waals surface area contributed by atoms with Crippen LogP contribution in [0, 0.1) is 0 Å². The Bertz CT molecular complexity index is 557. The fourth-order valence-electron chi connectivity index (χ4n) is 1.73. The van der Waals surface area contributed by atoms with E-state index in [0.717, 1.165) is 23.7 Å². The zero-order chi connectivity index (χ0) is 11.1. The molecule has 0 spiro atoms. The van der Waals surface area contributed by atoms with Crippen LogP contribution in [0.25, 0.3) is 10.9 Å². The van der Waals surface area contributed by atoms with Gasteiger partial charge in [0.1, 0.15) is 5.69 Å². The van der Waals surface area contributed by atoms with Crippen LogP contribution in [-0.2, 0) is 0 Å². The van der Waals surface area contributed by atoms with Gasteiger partial charge < -0.3 is 10.3 Å². The van der Waals surface area contributed by atoms with E-state index in [1.807, 2.05) is 18.2 Å². The lowest BCUT2D eigenvalue weighted by Crippen LogP contribution is -2.25. The van der Waals surface area contributed by atoms with E-state index in [4.69, 9.17) is 11.6 Å². The Morgan fingerprint density at radius 3 is 2.94 bits per heavy atom. The lowest BCUT2D eigenvalue weighted by Gasteiger charge is -1.98. The molecule has 1 saturated carbocycles. The standard InChI is InChI=1S/C12H11ClN2O/c13-9-2-1-3-10-8(9)6-11(15-10)12(16)14-7-4-5-7/h1-3,6-7,15H,4-5H2,(H,14,16). The molecule has 82 valence electrons. The summed E-state index contributed by atoms with van der Waals surface area (Å²) in [6.45, 7) is 0. The summed E-state index contributed by atoms with van der Waals surface area (Å²) in [5, 5.41) is 4.50. The lowest BCUT2D eigenvalue weighted by molar-refractivity contribution is 0.0947. The number of aromatic amines is 1. The molecule has 1 fully saturated rings. The number of amides is 1. The van der Waals surface area contributed by atoms with Gasteiger partial charge in [-0.3, -0.25) is 4.79 Å². The highest BCUT2D eigenvalue weighted by Gasteiger charge is 2.24. The van der Waals surface area contributed by atoms with E-state index in [0.29, 0.717) is 16.8 Å². The van der Waals surface area contributed by atoms with Gasteiger partial charge in [0.2, 0.25) is 0 Å². The molecule has 0 unspecified atom stereocenters. The van der Waals surface area contributed by atoms with E-state index in [9.17, 15) is 4.79 Å². The van der Waals surface area contributed by atoms with Crippen molar-refractivity contribution in [2.75, 3.05) is 0 Å². The van der Waals surface area contributed by atoms with Crippen LogP contribution in [0.3, 0.4) is 0 Å². The minimum atomic E-state index is -0.0465. The summed E-state index contributed by atoms with van der Waals surface area (Å²) >= 11 is 6.04. The number of halogens is 1.